The van der Waals surface area contributed by atoms with Crippen LogP contribution in [0.3, 0.4) is 0 Å². The lowest BCUT2D eigenvalue weighted by Crippen LogP contribution is -2.41. The van der Waals surface area contributed by atoms with Gasteiger partial charge < -0.3 is 20.9 Å². The van der Waals surface area contributed by atoms with Crippen molar-refractivity contribution in [1.29, 1.82) is 0 Å². The maximum Gasteiger partial charge on any atom is 0.0888 e. The summed E-state index contributed by atoms with van der Waals surface area (Å²) >= 11 is 0. The molecule has 2 unspecified atom stereocenters. The Kier molecular flexibility index (Phi) is 4.81. The van der Waals surface area contributed by atoms with Crippen LogP contribution in [0.4, 0.5) is 0 Å². The zero-order chi connectivity index (χ0) is 10.4. The summed E-state index contributed by atoms with van der Waals surface area (Å²) < 4.78 is 11.1. The van der Waals surface area contributed by atoms with E-state index in [1.807, 2.05) is 0 Å². The minimum absolute atomic E-state index is 0.134. The van der Waals surface area contributed by atoms with E-state index in [-0.39, 0.29) is 11.6 Å². The summed E-state index contributed by atoms with van der Waals surface area (Å²) in [6.45, 7) is 4.84. The number of rotatable bonds is 5. The summed E-state index contributed by atoms with van der Waals surface area (Å²) in [4.78, 5) is 0. The van der Waals surface area contributed by atoms with E-state index >= 15 is 0 Å². The van der Waals surface area contributed by atoms with E-state index < -0.39 is 0 Å². The normalized spacial score (nSPS) is 30.2. The van der Waals surface area contributed by atoms with E-state index in [1.54, 1.807) is 0 Å². The number of hydrogen-bond donors (Lipinski definition) is 2. The quantitative estimate of drug-likeness (QED) is 0.670. The second-order valence-electron chi connectivity index (χ2n) is 4.23. The fourth-order valence-corrected chi connectivity index (χ4v) is 1.67. The van der Waals surface area contributed by atoms with E-state index in [9.17, 15) is 0 Å². The Balaban J connectivity index is 2.21. The van der Waals surface area contributed by atoms with Gasteiger partial charge in [-0.05, 0) is 32.7 Å². The van der Waals surface area contributed by atoms with E-state index in [1.165, 1.54) is 0 Å². The number of ether oxygens (including phenoxy) is 2. The van der Waals surface area contributed by atoms with Crippen molar-refractivity contribution in [2.24, 2.45) is 11.5 Å². The second kappa shape index (κ2) is 5.66. The summed E-state index contributed by atoms with van der Waals surface area (Å²) in [6.07, 6.45) is 2.79. The maximum absolute atomic E-state index is 5.88. The monoisotopic (exact) mass is 202 g/mol. The van der Waals surface area contributed by atoms with Crippen LogP contribution in [0.25, 0.3) is 0 Å². The zero-order valence-corrected chi connectivity index (χ0v) is 9.00. The van der Waals surface area contributed by atoms with Crippen LogP contribution in [0.15, 0.2) is 0 Å². The number of nitrogens with two attached hydrogens (primary N) is 2. The molecule has 14 heavy (non-hydrogen) atoms. The largest absolute Gasteiger partial charge is 0.376 e. The summed E-state index contributed by atoms with van der Waals surface area (Å²) in [6, 6.07) is 0.197. The summed E-state index contributed by atoms with van der Waals surface area (Å²) in [5.41, 5.74) is 11.2. The van der Waals surface area contributed by atoms with E-state index in [4.69, 9.17) is 20.9 Å². The molecule has 4 nitrogen and oxygen atoms in total. The first-order valence-corrected chi connectivity index (χ1v) is 5.34. The average molecular weight is 202 g/mol. The first-order valence-electron chi connectivity index (χ1n) is 5.34. The van der Waals surface area contributed by atoms with Gasteiger partial charge in [0.15, 0.2) is 0 Å². The van der Waals surface area contributed by atoms with Crippen LogP contribution in [0.1, 0.15) is 26.2 Å². The highest BCUT2D eigenvalue weighted by atomic mass is 16.6. The van der Waals surface area contributed by atoms with Crippen LogP contribution in [0.2, 0.25) is 0 Å². The standard InChI is InChI=1S/C10H22N2O2/c1-10(8-13-6-7-14-10)4-2-9(12)3-5-11/h9H,2-8,11-12H2,1H3. The molecule has 1 fully saturated rings. The van der Waals surface area contributed by atoms with Gasteiger partial charge in [0.05, 0.1) is 25.4 Å². The second-order valence-corrected chi connectivity index (χ2v) is 4.23. The molecule has 4 N–H and O–H groups in total. The van der Waals surface area contributed by atoms with Gasteiger partial charge in [-0.15, -0.1) is 0 Å². The van der Waals surface area contributed by atoms with Gasteiger partial charge >= 0.3 is 0 Å². The Morgan fingerprint density at radius 3 is 2.71 bits per heavy atom. The topological polar surface area (TPSA) is 70.5 Å². The minimum atomic E-state index is -0.134. The van der Waals surface area contributed by atoms with Crippen LogP contribution in [0, 0.1) is 0 Å². The SMILES string of the molecule is CC1(CCC(N)CCN)COCCO1. The molecule has 0 aromatic heterocycles. The van der Waals surface area contributed by atoms with Crippen molar-refractivity contribution in [3.8, 4) is 0 Å². The van der Waals surface area contributed by atoms with Gasteiger partial charge in [0.25, 0.3) is 0 Å². The third-order valence-corrected chi connectivity index (χ3v) is 2.67. The molecule has 0 bridgehead atoms. The molecule has 1 rings (SSSR count). The predicted molar refractivity (Wildman–Crippen MR) is 56.1 cm³/mol. The molecule has 1 aliphatic heterocycles. The highest BCUT2D eigenvalue weighted by Gasteiger charge is 2.28. The molecular weight excluding hydrogens is 180 g/mol. The Bertz CT molecular complexity index is 158. The molecule has 2 atom stereocenters. The number of hydrogen-bond acceptors (Lipinski definition) is 4. The lowest BCUT2D eigenvalue weighted by Gasteiger charge is -2.34. The van der Waals surface area contributed by atoms with Crippen LogP contribution in [-0.4, -0.2) is 38.0 Å². The van der Waals surface area contributed by atoms with E-state index in [0.29, 0.717) is 26.4 Å². The van der Waals surface area contributed by atoms with Crippen molar-refractivity contribution >= 4 is 0 Å². The van der Waals surface area contributed by atoms with Crippen LogP contribution in [-0.2, 0) is 9.47 Å². The highest BCUT2D eigenvalue weighted by molar-refractivity contribution is 4.79. The van der Waals surface area contributed by atoms with Crippen LogP contribution in [0.5, 0.6) is 0 Å². The fraction of sp³-hybridized carbons (Fsp3) is 1.00. The average Bonchev–Trinajstić information content (AvgIpc) is 2.17. The van der Waals surface area contributed by atoms with E-state index in [2.05, 4.69) is 6.92 Å². The van der Waals surface area contributed by atoms with Crippen LogP contribution < -0.4 is 11.5 Å². The third kappa shape index (κ3) is 3.92. The third-order valence-electron chi connectivity index (χ3n) is 2.67. The van der Waals surface area contributed by atoms with E-state index in [0.717, 1.165) is 19.3 Å². The predicted octanol–water partition coefficient (Wildman–Crippen LogP) is 0.248. The van der Waals surface area contributed by atoms with Crippen molar-refractivity contribution in [1.82, 2.24) is 0 Å². The van der Waals surface area contributed by atoms with Crippen molar-refractivity contribution in [2.75, 3.05) is 26.4 Å². The maximum atomic E-state index is 5.88. The lowest BCUT2D eigenvalue weighted by molar-refractivity contribution is -0.151. The van der Waals surface area contributed by atoms with Gasteiger partial charge in [0, 0.05) is 6.04 Å². The molecule has 84 valence electrons. The Morgan fingerprint density at radius 2 is 2.14 bits per heavy atom. The summed E-state index contributed by atoms with van der Waals surface area (Å²) in [7, 11) is 0. The van der Waals surface area contributed by atoms with Crippen molar-refractivity contribution in [2.45, 2.75) is 37.8 Å². The molecule has 0 aromatic rings. The molecule has 0 aromatic carbocycles. The lowest BCUT2D eigenvalue weighted by atomic mass is 9.96. The minimum Gasteiger partial charge on any atom is -0.376 e. The molecule has 0 amide bonds. The smallest absolute Gasteiger partial charge is 0.0888 e. The highest BCUT2D eigenvalue weighted by Crippen LogP contribution is 2.22. The van der Waals surface area contributed by atoms with Crippen molar-refractivity contribution in [3.63, 3.8) is 0 Å². The van der Waals surface area contributed by atoms with Gasteiger partial charge in [-0.25, -0.2) is 0 Å². The van der Waals surface area contributed by atoms with Gasteiger partial charge in [-0.2, -0.15) is 0 Å². The van der Waals surface area contributed by atoms with Crippen molar-refractivity contribution < 1.29 is 9.47 Å². The van der Waals surface area contributed by atoms with Gasteiger partial charge in [-0.1, -0.05) is 0 Å². The summed E-state index contributed by atoms with van der Waals surface area (Å²) in [5.74, 6) is 0. The summed E-state index contributed by atoms with van der Waals surface area (Å²) in [5, 5.41) is 0. The van der Waals surface area contributed by atoms with Gasteiger partial charge in [-0.3, -0.25) is 0 Å². The molecule has 1 aliphatic rings. The molecule has 1 heterocycles. The Labute approximate surface area is 85.9 Å². The molecule has 1 saturated heterocycles. The first kappa shape index (κ1) is 11.9. The molecule has 4 heteroatoms. The zero-order valence-electron chi connectivity index (χ0n) is 9.00. The Morgan fingerprint density at radius 1 is 1.36 bits per heavy atom. The fourth-order valence-electron chi connectivity index (χ4n) is 1.67. The first-order chi connectivity index (χ1) is 6.66. The molecule has 0 spiro atoms. The molecule has 0 radical (unpaired) electrons. The molecule has 0 saturated carbocycles. The van der Waals surface area contributed by atoms with Crippen molar-refractivity contribution in [3.05, 3.63) is 0 Å². The van der Waals surface area contributed by atoms with Crippen LogP contribution >= 0.6 is 0 Å². The molecular formula is C10H22N2O2. The Hall–Kier alpha value is -0.160. The van der Waals surface area contributed by atoms with Gasteiger partial charge in [0.2, 0.25) is 0 Å². The van der Waals surface area contributed by atoms with Gasteiger partial charge in [0.1, 0.15) is 0 Å². The molecule has 0 aliphatic carbocycles.